The molecule has 0 rings (SSSR count). The fraction of sp³-hybridized carbons (Fsp3) is 0.750. The van der Waals surface area contributed by atoms with E-state index in [1.54, 1.807) is 7.11 Å². The number of methoxy groups -OCH3 is 1. The van der Waals surface area contributed by atoms with Crippen LogP contribution >= 0.6 is 0 Å². The first-order valence-electron chi connectivity index (χ1n) is 5.65. The lowest BCUT2D eigenvalue weighted by molar-refractivity contribution is 0.0253. The number of carbonyl (C=O) groups excluding carboxylic acids is 1. The average Bonchev–Trinajstić information content (AvgIpc) is 2.26. The van der Waals surface area contributed by atoms with E-state index < -0.39 is 0 Å². The van der Waals surface area contributed by atoms with Crippen LogP contribution in [0, 0.1) is 0 Å². The predicted molar refractivity (Wildman–Crippen MR) is 66.5 cm³/mol. The van der Waals surface area contributed by atoms with Crippen LogP contribution in [0.1, 0.15) is 33.6 Å². The van der Waals surface area contributed by atoms with Crippen molar-refractivity contribution in [1.29, 1.82) is 0 Å². The van der Waals surface area contributed by atoms with Crippen molar-refractivity contribution in [2.75, 3.05) is 13.7 Å². The molecule has 0 aromatic rings. The fourth-order valence-electron chi connectivity index (χ4n) is 1.13. The van der Waals surface area contributed by atoms with E-state index in [9.17, 15) is 4.79 Å². The molecule has 0 bridgehead atoms. The number of carbonyl (C=O) groups is 1. The molecule has 94 valence electrons. The largest absolute Gasteiger partial charge is 0.377 e. The van der Waals surface area contributed by atoms with Crippen molar-refractivity contribution in [1.82, 2.24) is 10.6 Å². The summed E-state index contributed by atoms with van der Waals surface area (Å²) in [4.78, 5) is 11.5. The minimum absolute atomic E-state index is 0.154. The van der Waals surface area contributed by atoms with Gasteiger partial charge in [-0.15, -0.1) is 6.58 Å². The van der Waals surface area contributed by atoms with Gasteiger partial charge in [-0.25, -0.2) is 4.79 Å². The second kappa shape index (κ2) is 7.28. The van der Waals surface area contributed by atoms with E-state index >= 15 is 0 Å². The topological polar surface area (TPSA) is 50.4 Å². The van der Waals surface area contributed by atoms with Crippen LogP contribution in [0.5, 0.6) is 0 Å². The van der Waals surface area contributed by atoms with Crippen LogP contribution in [0.2, 0.25) is 0 Å². The number of hydrogen-bond donors (Lipinski definition) is 2. The summed E-state index contributed by atoms with van der Waals surface area (Å²) in [5, 5.41) is 5.68. The van der Waals surface area contributed by atoms with Gasteiger partial charge in [-0.1, -0.05) is 13.0 Å². The third kappa shape index (κ3) is 6.45. The quantitative estimate of drug-likeness (QED) is 0.655. The zero-order valence-corrected chi connectivity index (χ0v) is 10.8. The molecule has 0 saturated carbocycles. The van der Waals surface area contributed by atoms with E-state index in [4.69, 9.17) is 4.74 Å². The lowest BCUT2D eigenvalue weighted by atomic mass is 10.1. The summed E-state index contributed by atoms with van der Waals surface area (Å²) in [5.41, 5.74) is -0.336. The van der Waals surface area contributed by atoms with Gasteiger partial charge < -0.3 is 15.4 Å². The van der Waals surface area contributed by atoms with Crippen molar-refractivity contribution < 1.29 is 9.53 Å². The van der Waals surface area contributed by atoms with Crippen LogP contribution < -0.4 is 10.6 Å². The van der Waals surface area contributed by atoms with Gasteiger partial charge in [0.15, 0.2) is 0 Å². The van der Waals surface area contributed by atoms with E-state index in [1.807, 2.05) is 26.8 Å². The Morgan fingerprint density at radius 2 is 2.19 bits per heavy atom. The van der Waals surface area contributed by atoms with E-state index in [0.29, 0.717) is 6.54 Å². The zero-order valence-electron chi connectivity index (χ0n) is 10.8. The van der Waals surface area contributed by atoms with Gasteiger partial charge in [0, 0.05) is 19.7 Å². The maximum Gasteiger partial charge on any atom is 0.315 e. The smallest absolute Gasteiger partial charge is 0.315 e. The van der Waals surface area contributed by atoms with Crippen LogP contribution in [0.4, 0.5) is 4.79 Å². The van der Waals surface area contributed by atoms with Crippen LogP contribution in [0.3, 0.4) is 0 Å². The van der Waals surface area contributed by atoms with Crippen molar-refractivity contribution in [3.63, 3.8) is 0 Å². The van der Waals surface area contributed by atoms with Gasteiger partial charge in [0.2, 0.25) is 0 Å². The Labute approximate surface area is 98.4 Å². The molecule has 2 N–H and O–H groups in total. The Balaban J connectivity index is 3.93. The second-order valence-corrected chi connectivity index (χ2v) is 4.42. The molecule has 0 fully saturated rings. The third-order valence-electron chi connectivity index (χ3n) is 2.51. The molecule has 0 spiro atoms. The minimum Gasteiger partial charge on any atom is -0.377 e. The Bertz CT molecular complexity index is 227. The molecule has 0 heterocycles. The van der Waals surface area contributed by atoms with Crippen LogP contribution in [0.25, 0.3) is 0 Å². The maximum absolute atomic E-state index is 11.5. The summed E-state index contributed by atoms with van der Waals surface area (Å²) >= 11 is 0. The first-order valence-corrected chi connectivity index (χ1v) is 5.65. The molecule has 4 heteroatoms. The maximum atomic E-state index is 11.5. The van der Waals surface area contributed by atoms with Gasteiger partial charge >= 0.3 is 6.03 Å². The Morgan fingerprint density at radius 3 is 2.62 bits per heavy atom. The van der Waals surface area contributed by atoms with E-state index in [2.05, 4.69) is 17.2 Å². The highest BCUT2D eigenvalue weighted by atomic mass is 16.5. The number of hydrogen-bond acceptors (Lipinski definition) is 2. The molecule has 0 aliphatic rings. The highest BCUT2D eigenvalue weighted by Crippen LogP contribution is 2.04. The van der Waals surface area contributed by atoms with Gasteiger partial charge in [0.05, 0.1) is 5.60 Å². The first-order chi connectivity index (χ1) is 7.45. The predicted octanol–water partition coefficient (Wildman–Crippen LogP) is 2.07. The first kappa shape index (κ1) is 15.0. The van der Waals surface area contributed by atoms with E-state index in [1.165, 1.54) is 0 Å². The van der Waals surface area contributed by atoms with Crippen molar-refractivity contribution >= 4 is 6.03 Å². The van der Waals surface area contributed by atoms with Crippen molar-refractivity contribution in [3.05, 3.63) is 12.7 Å². The van der Waals surface area contributed by atoms with Crippen LogP contribution in [0.15, 0.2) is 12.7 Å². The third-order valence-corrected chi connectivity index (χ3v) is 2.51. The normalized spacial score (nSPS) is 13.0. The summed E-state index contributed by atoms with van der Waals surface area (Å²) < 4.78 is 5.21. The van der Waals surface area contributed by atoms with Crippen molar-refractivity contribution in [2.45, 2.75) is 45.3 Å². The Kier molecular flexibility index (Phi) is 6.81. The zero-order chi connectivity index (χ0) is 12.6. The summed E-state index contributed by atoms with van der Waals surface area (Å²) in [6, 6.07) is 0.00184. The molecule has 16 heavy (non-hydrogen) atoms. The van der Waals surface area contributed by atoms with Gasteiger partial charge in [-0.05, 0) is 26.7 Å². The van der Waals surface area contributed by atoms with Gasteiger partial charge in [-0.3, -0.25) is 0 Å². The molecular weight excluding hydrogens is 204 g/mol. The highest BCUT2D eigenvalue weighted by Gasteiger charge is 2.17. The number of rotatable bonds is 7. The summed E-state index contributed by atoms with van der Waals surface area (Å²) in [5.74, 6) is 0. The monoisotopic (exact) mass is 228 g/mol. The fourth-order valence-corrected chi connectivity index (χ4v) is 1.13. The number of ether oxygens (including phenoxy) is 1. The summed E-state index contributed by atoms with van der Waals surface area (Å²) in [6.07, 6.45) is 3.50. The molecule has 0 saturated heterocycles. The van der Waals surface area contributed by atoms with Gasteiger partial charge in [0.25, 0.3) is 0 Å². The average molecular weight is 228 g/mol. The molecule has 0 aliphatic heterocycles. The molecular formula is C12H24N2O2. The molecule has 0 aromatic heterocycles. The minimum atomic E-state index is -0.336. The second-order valence-electron chi connectivity index (χ2n) is 4.42. The van der Waals surface area contributed by atoms with Crippen LogP contribution in [-0.2, 0) is 4.74 Å². The standard InChI is InChI=1S/C12H24N2O2/c1-6-8-10(7-2)14-11(15)13-9-12(3,4)16-5/h6,10H,1,7-9H2,2-5H3,(H2,13,14,15)/t10-/m1/s1. The lowest BCUT2D eigenvalue weighted by Crippen LogP contribution is -2.47. The molecule has 2 amide bonds. The van der Waals surface area contributed by atoms with Gasteiger partial charge in [0.1, 0.15) is 0 Å². The SMILES string of the molecule is C=CC[C@@H](CC)NC(=O)NCC(C)(C)OC. The molecule has 0 aromatic carbocycles. The van der Waals surface area contributed by atoms with Crippen LogP contribution in [-0.4, -0.2) is 31.3 Å². The van der Waals surface area contributed by atoms with E-state index in [0.717, 1.165) is 12.8 Å². The molecule has 0 aliphatic carbocycles. The molecule has 0 unspecified atom stereocenters. The van der Waals surface area contributed by atoms with Crippen molar-refractivity contribution in [2.24, 2.45) is 0 Å². The number of amides is 2. The van der Waals surface area contributed by atoms with Gasteiger partial charge in [-0.2, -0.15) is 0 Å². The number of nitrogens with one attached hydrogen (secondary N) is 2. The molecule has 1 atom stereocenters. The van der Waals surface area contributed by atoms with E-state index in [-0.39, 0.29) is 17.7 Å². The lowest BCUT2D eigenvalue weighted by Gasteiger charge is -2.24. The summed E-state index contributed by atoms with van der Waals surface area (Å²) in [7, 11) is 1.63. The number of urea groups is 1. The molecule has 0 radical (unpaired) electrons. The molecule has 4 nitrogen and oxygen atoms in total. The summed E-state index contributed by atoms with van der Waals surface area (Å²) in [6.45, 7) is 10.0. The Morgan fingerprint density at radius 1 is 1.56 bits per heavy atom. The highest BCUT2D eigenvalue weighted by molar-refractivity contribution is 5.74. The Hall–Kier alpha value is -1.03. The van der Waals surface area contributed by atoms with Crippen molar-refractivity contribution in [3.8, 4) is 0 Å².